The highest BCUT2D eigenvalue weighted by atomic mass is 35.5. The third-order valence-corrected chi connectivity index (χ3v) is 6.17. The Kier molecular flexibility index (Phi) is 6.34. The number of benzene rings is 3. The number of carbonyl (C=O) groups is 1. The predicted octanol–water partition coefficient (Wildman–Crippen LogP) is 5.02. The summed E-state index contributed by atoms with van der Waals surface area (Å²) in [7, 11) is -2.65. The fourth-order valence-electron chi connectivity index (χ4n) is 2.97. The Morgan fingerprint density at radius 3 is 2.40 bits per heavy atom. The second-order valence-electron chi connectivity index (χ2n) is 6.72. The number of sulfonamides is 1. The van der Waals surface area contributed by atoms with Crippen LogP contribution in [0, 0.1) is 13.8 Å². The summed E-state index contributed by atoms with van der Waals surface area (Å²) in [6, 6.07) is 16.4. The van der Waals surface area contributed by atoms with E-state index in [2.05, 4.69) is 10.0 Å². The number of aryl methyl sites for hydroxylation is 2. The zero-order valence-electron chi connectivity index (χ0n) is 16.7. The molecule has 0 heterocycles. The fourth-order valence-corrected chi connectivity index (χ4v) is 4.49. The summed E-state index contributed by atoms with van der Waals surface area (Å²) in [6.07, 6.45) is 0. The number of ether oxygens (including phenoxy) is 1. The molecule has 0 unspecified atom stereocenters. The lowest BCUT2D eigenvalue weighted by Gasteiger charge is -2.15. The van der Waals surface area contributed by atoms with Crippen LogP contribution in [0.4, 0.5) is 11.4 Å². The minimum Gasteiger partial charge on any atom is -0.495 e. The molecular formula is C22H21ClN2O4S. The third-order valence-electron chi connectivity index (χ3n) is 4.46. The Bertz CT molecular complexity index is 1210. The van der Waals surface area contributed by atoms with E-state index in [1.165, 1.54) is 19.2 Å². The summed E-state index contributed by atoms with van der Waals surface area (Å²) in [5.74, 6) is -0.195. The molecular weight excluding hydrogens is 424 g/mol. The second kappa shape index (κ2) is 8.77. The van der Waals surface area contributed by atoms with Gasteiger partial charge in [0, 0.05) is 11.3 Å². The number of anilines is 2. The van der Waals surface area contributed by atoms with E-state index in [0.29, 0.717) is 11.3 Å². The van der Waals surface area contributed by atoms with Gasteiger partial charge in [0.15, 0.2) is 0 Å². The Morgan fingerprint density at radius 1 is 1.00 bits per heavy atom. The smallest absolute Gasteiger partial charge is 0.265 e. The van der Waals surface area contributed by atoms with Gasteiger partial charge in [0.2, 0.25) is 0 Å². The van der Waals surface area contributed by atoms with Gasteiger partial charge in [-0.25, -0.2) is 8.42 Å². The maximum atomic E-state index is 13.0. The number of amides is 1. The van der Waals surface area contributed by atoms with Gasteiger partial charge in [-0.2, -0.15) is 0 Å². The molecule has 0 aliphatic rings. The van der Waals surface area contributed by atoms with Crippen molar-refractivity contribution in [2.75, 3.05) is 17.1 Å². The molecule has 0 spiro atoms. The Balaban J connectivity index is 1.93. The summed E-state index contributed by atoms with van der Waals surface area (Å²) in [4.78, 5) is 12.6. The molecule has 0 aromatic heterocycles. The van der Waals surface area contributed by atoms with Gasteiger partial charge in [0.25, 0.3) is 15.9 Å². The van der Waals surface area contributed by atoms with Crippen LogP contribution in [-0.4, -0.2) is 21.4 Å². The standard InChI is InChI=1S/C22H21ClN2O4S/c1-14-8-10-17(15(2)12-14)22(26)24-16-9-11-20(29-3)21(13-16)30(27,28)25-19-7-5-4-6-18(19)23/h4-13,25H,1-3H3,(H,24,26). The van der Waals surface area contributed by atoms with Gasteiger partial charge >= 0.3 is 0 Å². The Labute approximate surface area is 180 Å². The molecule has 0 radical (unpaired) electrons. The van der Waals surface area contributed by atoms with Gasteiger partial charge in [0.1, 0.15) is 10.6 Å². The highest BCUT2D eigenvalue weighted by molar-refractivity contribution is 7.92. The number of carbonyl (C=O) groups excluding carboxylic acids is 1. The zero-order chi connectivity index (χ0) is 21.9. The normalized spacial score (nSPS) is 11.1. The number of hydrogen-bond donors (Lipinski definition) is 2. The zero-order valence-corrected chi connectivity index (χ0v) is 18.3. The number of hydrogen-bond acceptors (Lipinski definition) is 4. The summed E-state index contributed by atoms with van der Waals surface area (Å²) >= 11 is 6.07. The van der Waals surface area contributed by atoms with Crippen LogP contribution in [0.25, 0.3) is 0 Å². The molecule has 0 saturated carbocycles. The maximum Gasteiger partial charge on any atom is 0.265 e. The lowest BCUT2D eigenvalue weighted by Crippen LogP contribution is -2.16. The molecule has 30 heavy (non-hydrogen) atoms. The van der Waals surface area contributed by atoms with Crippen molar-refractivity contribution in [2.24, 2.45) is 0 Å². The molecule has 0 aliphatic heterocycles. The fraction of sp³-hybridized carbons (Fsp3) is 0.136. The second-order valence-corrected chi connectivity index (χ2v) is 8.78. The van der Waals surface area contributed by atoms with Crippen molar-refractivity contribution in [1.29, 1.82) is 0 Å². The van der Waals surface area contributed by atoms with Crippen LogP contribution in [0.3, 0.4) is 0 Å². The molecule has 0 atom stereocenters. The SMILES string of the molecule is COc1ccc(NC(=O)c2ccc(C)cc2C)cc1S(=O)(=O)Nc1ccccc1Cl. The highest BCUT2D eigenvalue weighted by Crippen LogP contribution is 2.31. The van der Waals surface area contributed by atoms with Crippen molar-refractivity contribution >= 4 is 38.9 Å². The minimum absolute atomic E-state index is 0.122. The number of nitrogens with one attached hydrogen (secondary N) is 2. The number of rotatable bonds is 6. The van der Waals surface area contributed by atoms with Crippen LogP contribution >= 0.6 is 11.6 Å². The molecule has 3 rings (SSSR count). The largest absolute Gasteiger partial charge is 0.495 e. The molecule has 3 aromatic carbocycles. The average Bonchev–Trinajstić information content (AvgIpc) is 2.69. The summed E-state index contributed by atoms with van der Waals surface area (Å²) in [5.41, 5.74) is 2.95. The molecule has 0 bridgehead atoms. The van der Waals surface area contributed by atoms with Crippen molar-refractivity contribution < 1.29 is 17.9 Å². The summed E-state index contributed by atoms with van der Waals surface area (Å²) in [6.45, 7) is 3.79. The van der Waals surface area contributed by atoms with E-state index >= 15 is 0 Å². The maximum absolute atomic E-state index is 13.0. The lowest BCUT2D eigenvalue weighted by atomic mass is 10.1. The first kappa shape index (κ1) is 21.7. The van der Waals surface area contributed by atoms with Crippen LogP contribution in [0.2, 0.25) is 5.02 Å². The van der Waals surface area contributed by atoms with Crippen molar-refractivity contribution in [3.05, 3.63) is 82.4 Å². The topological polar surface area (TPSA) is 84.5 Å². The van der Waals surface area contributed by atoms with Crippen LogP contribution in [0.15, 0.2) is 65.6 Å². The number of halogens is 1. The van der Waals surface area contributed by atoms with Gasteiger partial charge in [0.05, 0.1) is 17.8 Å². The van der Waals surface area contributed by atoms with Crippen molar-refractivity contribution in [1.82, 2.24) is 0 Å². The van der Waals surface area contributed by atoms with Gasteiger partial charge in [-0.1, -0.05) is 41.4 Å². The first-order valence-electron chi connectivity index (χ1n) is 9.05. The van der Waals surface area contributed by atoms with E-state index in [4.69, 9.17) is 16.3 Å². The molecule has 2 N–H and O–H groups in total. The molecule has 1 amide bonds. The van der Waals surface area contributed by atoms with Crippen molar-refractivity contribution in [2.45, 2.75) is 18.7 Å². The molecule has 0 saturated heterocycles. The van der Waals surface area contributed by atoms with Gasteiger partial charge in [-0.15, -0.1) is 0 Å². The molecule has 0 aliphatic carbocycles. The first-order valence-corrected chi connectivity index (χ1v) is 10.9. The number of para-hydroxylation sites is 1. The molecule has 8 heteroatoms. The van der Waals surface area contributed by atoms with E-state index in [1.54, 1.807) is 36.4 Å². The number of methoxy groups -OCH3 is 1. The minimum atomic E-state index is -4.03. The summed E-state index contributed by atoms with van der Waals surface area (Å²) < 4.78 is 33.6. The van der Waals surface area contributed by atoms with E-state index < -0.39 is 10.0 Å². The van der Waals surface area contributed by atoms with Crippen LogP contribution in [-0.2, 0) is 10.0 Å². The predicted molar refractivity (Wildman–Crippen MR) is 119 cm³/mol. The van der Waals surface area contributed by atoms with Crippen LogP contribution < -0.4 is 14.8 Å². The average molecular weight is 445 g/mol. The molecule has 156 valence electrons. The summed E-state index contributed by atoms with van der Waals surface area (Å²) in [5, 5.41) is 3.01. The molecule has 6 nitrogen and oxygen atoms in total. The van der Waals surface area contributed by atoms with E-state index in [1.807, 2.05) is 26.0 Å². The van der Waals surface area contributed by atoms with Gasteiger partial charge in [-0.05, 0) is 55.8 Å². The van der Waals surface area contributed by atoms with Gasteiger partial charge in [-0.3, -0.25) is 9.52 Å². The van der Waals surface area contributed by atoms with E-state index in [-0.39, 0.29) is 27.3 Å². The lowest BCUT2D eigenvalue weighted by molar-refractivity contribution is 0.102. The molecule has 3 aromatic rings. The van der Waals surface area contributed by atoms with Crippen molar-refractivity contribution in [3.8, 4) is 5.75 Å². The van der Waals surface area contributed by atoms with E-state index in [0.717, 1.165) is 11.1 Å². The molecule has 0 fully saturated rings. The monoisotopic (exact) mass is 444 g/mol. The van der Waals surface area contributed by atoms with Crippen LogP contribution in [0.1, 0.15) is 21.5 Å². The third kappa shape index (κ3) is 4.75. The Morgan fingerprint density at radius 2 is 1.73 bits per heavy atom. The quantitative estimate of drug-likeness (QED) is 0.559. The van der Waals surface area contributed by atoms with Crippen LogP contribution in [0.5, 0.6) is 5.75 Å². The van der Waals surface area contributed by atoms with E-state index in [9.17, 15) is 13.2 Å². The van der Waals surface area contributed by atoms with Crippen molar-refractivity contribution in [3.63, 3.8) is 0 Å². The Hall–Kier alpha value is -3.03. The highest BCUT2D eigenvalue weighted by Gasteiger charge is 2.22. The first-order chi connectivity index (χ1) is 14.2. The van der Waals surface area contributed by atoms with Gasteiger partial charge < -0.3 is 10.1 Å².